The lowest BCUT2D eigenvalue weighted by Crippen LogP contribution is -2.37. The Morgan fingerprint density at radius 3 is 2.45 bits per heavy atom. The molecule has 0 fully saturated rings. The van der Waals surface area contributed by atoms with Crippen molar-refractivity contribution in [2.45, 2.75) is 26.4 Å². The molecule has 1 N–H and O–H groups in total. The van der Waals surface area contributed by atoms with Crippen LogP contribution in [0.5, 0.6) is 0 Å². The van der Waals surface area contributed by atoms with Gasteiger partial charge in [-0.2, -0.15) is 0 Å². The van der Waals surface area contributed by atoms with E-state index < -0.39 is 0 Å². The largest absolute Gasteiger partial charge is 0.383 e. The topological polar surface area (TPSA) is 28.2 Å². The molecule has 1 aromatic heterocycles. The van der Waals surface area contributed by atoms with Crippen molar-refractivity contribution in [1.82, 2.24) is 9.88 Å². The number of pyridine rings is 1. The highest BCUT2D eigenvalue weighted by molar-refractivity contribution is 5.42. The molecule has 106 valence electrons. The van der Waals surface area contributed by atoms with Crippen molar-refractivity contribution in [2.75, 3.05) is 18.4 Å². The van der Waals surface area contributed by atoms with Crippen LogP contribution in [0.25, 0.3) is 0 Å². The first-order valence-electron chi connectivity index (χ1n) is 7.21. The molecule has 0 amide bonds. The maximum atomic E-state index is 4.07. The quantitative estimate of drug-likeness (QED) is 0.835. The summed E-state index contributed by atoms with van der Waals surface area (Å²) in [5, 5.41) is 3.49. The third-order valence-corrected chi connectivity index (χ3v) is 3.54. The van der Waals surface area contributed by atoms with Gasteiger partial charge in [0, 0.05) is 37.2 Å². The van der Waals surface area contributed by atoms with E-state index in [-0.39, 0.29) is 0 Å². The zero-order chi connectivity index (χ0) is 14.2. The maximum Gasteiger partial charge on any atom is 0.0340 e. The first-order valence-corrected chi connectivity index (χ1v) is 7.21. The molecule has 3 heteroatoms. The molecule has 0 bridgehead atoms. The SMILES string of the molecule is CCN(Cc1ccncc1)C(C)CNc1ccccc1. The standard InChI is InChI=1S/C17H23N3/c1-3-20(14-16-9-11-18-12-10-16)15(2)13-19-17-7-5-4-6-8-17/h4-12,15,19H,3,13-14H2,1-2H3. The van der Waals surface area contributed by atoms with Crippen LogP contribution in [0.1, 0.15) is 19.4 Å². The number of para-hydroxylation sites is 1. The fraction of sp³-hybridized carbons (Fsp3) is 0.353. The van der Waals surface area contributed by atoms with Crippen molar-refractivity contribution in [3.63, 3.8) is 0 Å². The van der Waals surface area contributed by atoms with Crippen molar-refractivity contribution in [3.8, 4) is 0 Å². The average molecular weight is 269 g/mol. The highest BCUT2D eigenvalue weighted by Gasteiger charge is 2.12. The van der Waals surface area contributed by atoms with Gasteiger partial charge >= 0.3 is 0 Å². The molecule has 2 aromatic rings. The van der Waals surface area contributed by atoms with Gasteiger partial charge in [0.25, 0.3) is 0 Å². The lowest BCUT2D eigenvalue weighted by Gasteiger charge is -2.28. The summed E-state index contributed by atoms with van der Waals surface area (Å²) >= 11 is 0. The number of rotatable bonds is 7. The number of benzene rings is 1. The molecule has 0 aliphatic rings. The minimum Gasteiger partial charge on any atom is -0.383 e. The van der Waals surface area contributed by atoms with E-state index >= 15 is 0 Å². The molecule has 1 unspecified atom stereocenters. The minimum absolute atomic E-state index is 0.480. The third-order valence-electron chi connectivity index (χ3n) is 3.54. The molecule has 0 spiro atoms. The summed E-state index contributed by atoms with van der Waals surface area (Å²) in [7, 11) is 0. The number of hydrogen-bond acceptors (Lipinski definition) is 3. The number of nitrogens with one attached hydrogen (secondary N) is 1. The Hall–Kier alpha value is -1.87. The van der Waals surface area contributed by atoms with Crippen molar-refractivity contribution in [1.29, 1.82) is 0 Å². The van der Waals surface area contributed by atoms with Crippen molar-refractivity contribution < 1.29 is 0 Å². The van der Waals surface area contributed by atoms with Crippen LogP contribution in [-0.2, 0) is 6.54 Å². The molecule has 0 saturated heterocycles. The van der Waals surface area contributed by atoms with Gasteiger partial charge in [-0.1, -0.05) is 25.1 Å². The fourth-order valence-electron chi connectivity index (χ4n) is 2.25. The molecule has 0 aliphatic carbocycles. The summed E-state index contributed by atoms with van der Waals surface area (Å²) in [6.45, 7) is 7.43. The molecule has 0 saturated carbocycles. The predicted molar refractivity (Wildman–Crippen MR) is 84.7 cm³/mol. The first kappa shape index (κ1) is 14.5. The third kappa shape index (κ3) is 4.35. The number of anilines is 1. The summed E-state index contributed by atoms with van der Waals surface area (Å²) in [5.74, 6) is 0. The van der Waals surface area contributed by atoms with Crippen molar-refractivity contribution >= 4 is 5.69 Å². The highest BCUT2D eigenvalue weighted by Crippen LogP contribution is 2.10. The van der Waals surface area contributed by atoms with Crippen molar-refractivity contribution in [2.24, 2.45) is 0 Å². The molecule has 20 heavy (non-hydrogen) atoms. The smallest absolute Gasteiger partial charge is 0.0340 e. The zero-order valence-electron chi connectivity index (χ0n) is 12.3. The van der Waals surface area contributed by atoms with E-state index in [0.29, 0.717) is 6.04 Å². The lowest BCUT2D eigenvalue weighted by atomic mass is 10.2. The second-order valence-electron chi connectivity index (χ2n) is 5.01. The summed E-state index contributed by atoms with van der Waals surface area (Å²) in [6, 6.07) is 15.0. The minimum atomic E-state index is 0.480. The van der Waals surface area contributed by atoms with Crippen LogP contribution in [0, 0.1) is 0 Å². The molecular weight excluding hydrogens is 246 g/mol. The van der Waals surface area contributed by atoms with Gasteiger partial charge in [-0.05, 0) is 43.3 Å². The lowest BCUT2D eigenvalue weighted by molar-refractivity contribution is 0.219. The van der Waals surface area contributed by atoms with Crippen LogP contribution < -0.4 is 5.32 Å². The van der Waals surface area contributed by atoms with E-state index in [1.807, 2.05) is 18.5 Å². The van der Waals surface area contributed by atoms with E-state index in [1.165, 1.54) is 11.3 Å². The molecule has 1 aromatic carbocycles. The molecule has 1 heterocycles. The number of nitrogens with zero attached hydrogens (tertiary/aromatic N) is 2. The molecule has 0 radical (unpaired) electrons. The average Bonchev–Trinajstić information content (AvgIpc) is 2.52. The highest BCUT2D eigenvalue weighted by atomic mass is 15.2. The Morgan fingerprint density at radius 2 is 1.80 bits per heavy atom. The second kappa shape index (κ2) is 7.65. The van der Waals surface area contributed by atoms with Crippen LogP contribution in [-0.4, -0.2) is 29.0 Å². The monoisotopic (exact) mass is 269 g/mol. The van der Waals surface area contributed by atoms with Gasteiger partial charge in [0.05, 0.1) is 0 Å². The maximum absolute atomic E-state index is 4.07. The van der Waals surface area contributed by atoms with E-state index in [2.05, 4.69) is 65.4 Å². The molecule has 1 atom stereocenters. The molecule has 2 rings (SSSR count). The predicted octanol–water partition coefficient (Wildman–Crippen LogP) is 3.40. The van der Waals surface area contributed by atoms with Crippen LogP contribution in [0.2, 0.25) is 0 Å². The molecule has 3 nitrogen and oxygen atoms in total. The Balaban J connectivity index is 1.87. The van der Waals surface area contributed by atoms with Gasteiger partial charge in [0.15, 0.2) is 0 Å². The van der Waals surface area contributed by atoms with Crippen LogP contribution in [0.15, 0.2) is 54.9 Å². The summed E-state index contributed by atoms with van der Waals surface area (Å²) in [5.41, 5.74) is 2.49. The summed E-state index contributed by atoms with van der Waals surface area (Å²) in [6.07, 6.45) is 3.71. The van der Waals surface area contributed by atoms with E-state index in [1.54, 1.807) is 0 Å². The van der Waals surface area contributed by atoms with Gasteiger partial charge in [-0.15, -0.1) is 0 Å². The van der Waals surface area contributed by atoms with Gasteiger partial charge in [-0.25, -0.2) is 0 Å². The van der Waals surface area contributed by atoms with Gasteiger partial charge in [0.2, 0.25) is 0 Å². The van der Waals surface area contributed by atoms with Gasteiger partial charge < -0.3 is 5.32 Å². The Labute approximate surface area is 121 Å². The molecule has 0 aliphatic heterocycles. The van der Waals surface area contributed by atoms with Crippen LogP contribution in [0.3, 0.4) is 0 Å². The Bertz CT molecular complexity index is 484. The van der Waals surface area contributed by atoms with E-state index in [0.717, 1.165) is 19.6 Å². The Kier molecular flexibility index (Phi) is 5.56. The van der Waals surface area contributed by atoms with Crippen LogP contribution >= 0.6 is 0 Å². The van der Waals surface area contributed by atoms with Gasteiger partial charge in [0.1, 0.15) is 0 Å². The first-order chi connectivity index (χ1) is 9.79. The van der Waals surface area contributed by atoms with Crippen molar-refractivity contribution in [3.05, 3.63) is 60.4 Å². The van der Waals surface area contributed by atoms with E-state index in [9.17, 15) is 0 Å². The van der Waals surface area contributed by atoms with E-state index in [4.69, 9.17) is 0 Å². The number of likely N-dealkylation sites (N-methyl/N-ethyl adjacent to an activating group) is 1. The van der Waals surface area contributed by atoms with Gasteiger partial charge in [-0.3, -0.25) is 9.88 Å². The zero-order valence-corrected chi connectivity index (χ0v) is 12.3. The summed E-state index contributed by atoms with van der Waals surface area (Å²) in [4.78, 5) is 6.53. The molecular formula is C17H23N3. The van der Waals surface area contributed by atoms with Crippen LogP contribution in [0.4, 0.5) is 5.69 Å². The normalized spacial score (nSPS) is 12.3. The summed E-state index contributed by atoms with van der Waals surface area (Å²) < 4.78 is 0. The fourth-order valence-corrected chi connectivity index (χ4v) is 2.25. The second-order valence-corrected chi connectivity index (χ2v) is 5.01. The number of aromatic nitrogens is 1. The number of hydrogen-bond donors (Lipinski definition) is 1. The Morgan fingerprint density at radius 1 is 1.10 bits per heavy atom.